The molecule has 3 rings (SSSR count). The summed E-state index contributed by atoms with van der Waals surface area (Å²) in [6.07, 6.45) is 2.77. The van der Waals surface area contributed by atoms with Crippen LogP contribution in [0.4, 0.5) is 0 Å². The Morgan fingerprint density at radius 3 is 2.21 bits per heavy atom. The Morgan fingerprint density at radius 1 is 1.06 bits per heavy atom. The Balaban J connectivity index is 0.000000604. The summed E-state index contributed by atoms with van der Waals surface area (Å²) in [7, 11) is 1.69. The minimum Gasteiger partial charge on any atom is -0.473 e. The number of ether oxygens (including phenoxy) is 1. The quantitative estimate of drug-likeness (QED) is 0.405. The molecule has 186 valence electrons. The lowest BCUT2D eigenvalue weighted by atomic mass is 9.87. The summed E-state index contributed by atoms with van der Waals surface area (Å²) >= 11 is 1.81. The number of likely N-dealkylation sites (tertiary alicyclic amines) is 1. The van der Waals surface area contributed by atoms with Gasteiger partial charge in [-0.05, 0) is 36.3 Å². The zero-order valence-electron chi connectivity index (χ0n) is 19.5. The van der Waals surface area contributed by atoms with Gasteiger partial charge in [-0.1, -0.05) is 36.4 Å². The molecule has 10 heteroatoms. The zero-order chi connectivity index (χ0) is 25.0. The molecule has 1 fully saturated rings. The molecule has 34 heavy (non-hydrogen) atoms. The number of carboxylic acid groups (broad SMARTS) is 2. The summed E-state index contributed by atoms with van der Waals surface area (Å²) in [5, 5.41) is 18.5. The smallest absolute Gasteiger partial charge is 0.414 e. The van der Waals surface area contributed by atoms with E-state index in [2.05, 4.69) is 22.4 Å². The van der Waals surface area contributed by atoms with Crippen LogP contribution in [0.3, 0.4) is 0 Å². The van der Waals surface area contributed by atoms with E-state index < -0.39 is 17.5 Å². The number of piperidine rings is 1. The molecule has 1 saturated heterocycles. The molecule has 0 aliphatic carbocycles. The van der Waals surface area contributed by atoms with E-state index in [1.807, 2.05) is 41.7 Å². The minimum atomic E-state index is -1.82. The van der Waals surface area contributed by atoms with E-state index in [0.29, 0.717) is 13.2 Å². The van der Waals surface area contributed by atoms with Gasteiger partial charge in [-0.25, -0.2) is 14.7 Å². The van der Waals surface area contributed by atoms with Gasteiger partial charge in [0.05, 0.1) is 12.1 Å². The lowest BCUT2D eigenvalue weighted by Crippen LogP contribution is -2.59. The maximum absolute atomic E-state index is 12.4. The molecule has 0 spiro atoms. The third kappa shape index (κ3) is 8.53. The monoisotopic (exact) mass is 492 g/mol. The van der Waals surface area contributed by atoms with Crippen molar-refractivity contribution in [2.45, 2.75) is 38.3 Å². The molecule has 9 nitrogen and oxygen atoms in total. The van der Waals surface area contributed by atoms with Gasteiger partial charge in [0, 0.05) is 38.5 Å². The number of hydrogen-bond acceptors (Lipinski definition) is 7. The van der Waals surface area contributed by atoms with Gasteiger partial charge in [0.25, 0.3) is 0 Å². The van der Waals surface area contributed by atoms with Crippen molar-refractivity contribution in [1.29, 1.82) is 0 Å². The number of carbonyl (C=O) groups is 3. The number of nitrogens with zero attached hydrogens (tertiary/aromatic N) is 2. The normalized spacial score (nSPS) is 15.1. The first-order valence-electron chi connectivity index (χ1n) is 10.9. The summed E-state index contributed by atoms with van der Waals surface area (Å²) in [4.78, 5) is 40.6. The van der Waals surface area contributed by atoms with Crippen LogP contribution in [0.5, 0.6) is 0 Å². The van der Waals surface area contributed by atoms with Gasteiger partial charge in [-0.2, -0.15) is 0 Å². The van der Waals surface area contributed by atoms with Crippen molar-refractivity contribution in [2.24, 2.45) is 0 Å². The van der Waals surface area contributed by atoms with E-state index in [1.54, 1.807) is 19.1 Å². The van der Waals surface area contributed by atoms with Crippen molar-refractivity contribution < 1.29 is 34.2 Å². The highest BCUT2D eigenvalue weighted by molar-refractivity contribution is 7.09. The van der Waals surface area contributed by atoms with Crippen LogP contribution in [0.15, 0.2) is 47.8 Å². The van der Waals surface area contributed by atoms with Crippen LogP contribution in [0, 0.1) is 0 Å². The number of hydrogen-bond donors (Lipinski definition) is 2. The fourth-order valence-corrected chi connectivity index (χ4v) is 4.56. The van der Waals surface area contributed by atoms with E-state index in [9.17, 15) is 4.79 Å². The molecule has 0 unspecified atom stereocenters. The molecule has 1 aromatic heterocycles. The number of rotatable bonds is 9. The van der Waals surface area contributed by atoms with Gasteiger partial charge in [0.1, 0.15) is 6.61 Å². The van der Waals surface area contributed by atoms with E-state index >= 15 is 0 Å². The number of amides is 1. The molecular weight excluding hydrogens is 460 g/mol. The van der Waals surface area contributed by atoms with Gasteiger partial charge in [0.2, 0.25) is 5.91 Å². The fraction of sp³-hybridized carbons (Fsp3) is 0.458. The maximum atomic E-state index is 12.4. The van der Waals surface area contributed by atoms with Crippen molar-refractivity contribution in [3.63, 3.8) is 0 Å². The Labute approximate surface area is 203 Å². The molecule has 0 saturated carbocycles. The van der Waals surface area contributed by atoms with Crippen LogP contribution in [0.1, 0.15) is 30.2 Å². The Hall–Kier alpha value is -2.79. The predicted molar refractivity (Wildman–Crippen MR) is 127 cm³/mol. The lowest BCUT2D eigenvalue weighted by Gasteiger charge is -2.47. The highest BCUT2D eigenvalue weighted by Gasteiger charge is 2.42. The number of carbonyl (C=O) groups excluding carboxylic acids is 1. The summed E-state index contributed by atoms with van der Waals surface area (Å²) < 4.78 is 5.53. The molecule has 2 N–H and O–H groups in total. The van der Waals surface area contributed by atoms with Crippen molar-refractivity contribution in [2.75, 3.05) is 33.4 Å². The van der Waals surface area contributed by atoms with Crippen LogP contribution in [-0.2, 0) is 37.0 Å². The van der Waals surface area contributed by atoms with Crippen molar-refractivity contribution in [3.8, 4) is 0 Å². The Bertz CT molecular complexity index is 885. The van der Waals surface area contributed by atoms with E-state index in [1.165, 1.54) is 4.88 Å². The first kappa shape index (κ1) is 27.5. The summed E-state index contributed by atoms with van der Waals surface area (Å²) in [5.41, 5.74) is 0.643. The second-order valence-electron chi connectivity index (χ2n) is 8.01. The first-order chi connectivity index (χ1) is 16.3. The summed E-state index contributed by atoms with van der Waals surface area (Å²) in [6.45, 7) is 5.37. The van der Waals surface area contributed by atoms with Crippen LogP contribution in [0.25, 0.3) is 0 Å². The number of methoxy groups -OCH3 is 1. The topological polar surface area (TPSA) is 117 Å². The number of thiophene rings is 1. The van der Waals surface area contributed by atoms with Gasteiger partial charge in [-0.15, -0.1) is 11.3 Å². The summed E-state index contributed by atoms with van der Waals surface area (Å²) in [6, 6.07) is 14.3. The van der Waals surface area contributed by atoms with E-state index in [0.717, 1.165) is 44.5 Å². The molecular formula is C24H32N2O7S. The molecule has 2 heterocycles. The first-order valence-corrected chi connectivity index (χ1v) is 11.8. The zero-order valence-corrected chi connectivity index (χ0v) is 20.3. The number of benzene rings is 1. The second kappa shape index (κ2) is 13.8. The van der Waals surface area contributed by atoms with Gasteiger partial charge in [0.15, 0.2) is 0 Å². The predicted octanol–water partition coefficient (Wildman–Crippen LogP) is 2.91. The SMILES string of the molecule is COCC1(N(OCc2ccccc2)C(C)=O)CCN(CCc2cccs2)CC1.O=C(O)C(=O)O. The molecule has 0 radical (unpaired) electrons. The summed E-state index contributed by atoms with van der Waals surface area (Å²) in [5.74, 6) is -3.72. The highest BCUT2D eigenvalue weighted by atomic mass is 32.1. The Morgan fingerprint density at radius 2 is 1.71 bits per heavy atom. The standard InChI is InChI=1S/C22H30N2O3S.C2H2O4/c1-19(25)24(27-17-20-7-4-3-5-8-20)22(18-26-2)11-14-23(15-12-22)13-10-21-9-6-16-28-21;3-1(4)2(5)6/h3-9,16H,10-15,17-18H2,1-2H3;(H,3,4)(H,5,6). The second-order valence-corrected chi connectivity index (χ2v) is 9.04. The fourth-order valence-electron chi connectivity index (χ4n) is 3.87. The van der Waals surface area contributed by atoms with Crippen molar-refractivity contribution in [3.05, 3.63) is 58.3 Å². The maximum Gasteiger partial charge on any atom is 0.414 e. The van der Waals surface area contributed by atoms with Gasteiger partial charge >= 0.3 is 11.9 Å². The number of carboxylic acids is 2. The van der Waals surface area contributed by atoms with Gasteiger partial charge < -0.3 is 19.8 Å². The Kier molecular flexibility index (Phi) is 11.1. The third-order valence-electron chi connectivity index (χ3n) is 5.56. The largest absolute Gasteiger partial charge is 0.473 e. The van der Waals surface area contributed by atoms with Gasteiger partial charge in [-0.3, -0.25) is 9.63 Å². The molecule has 0 bridgehead atoms. The van der Waals surface area contributed by atoms with Crippen LogP contribution >= 0.6 is 11.3 Å². The van der Waals surface area contributed by atoms with Crippen molar-refractivity contribution >= 4 is 29.2 Å². The average molecular weight is 493 g/mol. The minimum absolute atomic E-state index is 0.0694. The van der Waals surface area contributed by atoms with Crippen LogP contribution in [0.2, 0.25) is 0 Å². The van der Waals surface area contributed by atoms with E-state index in [-0.39, 0.29) is 5.91 Å². The molecule has 1 aromatic carbocycles. The highest BCUT2D eigenvalue weighted by Crippen LogP contribution is 2.31. The van der Waals surface area contributed by atoms with E-state index in [4.69, 9.17) is 29.4 Å². The number of hydroxylamine groups is 2. The molecule has 1 amide bonds. The number of aliphatic carboxylic acids is 2. The average Bonchev–Trinajstić information content (AvgIpc) is 3.34. The molecule has 0 atom stereocenters. The third-order valence-corrected chi connectivity index (χ3v) is 6.49. The molecule has 1 aliphatic rings. The van der Waals surface area contributed by atoms with Crippen LogP contribution < -0.4 is 0 Å². The van der Waals surface area contributed by atoms with Crippen LogP contribution in [-0.4, -0.2) is 76.9 Å². The molecule has 2 aromatic rings. The molecule has 1 aliphatic heterocycles. The van der Waals surface area contributed by atoms with Crippen molar-refractivity contribution in [1.82, 2.24) is 9.96 Å². The lowest BCUT2D eigenvalue weighted by molar-refractivity contribution is -0.243.